The largest absolute Gasteiger partial charge is 0.494 e. The summed E-state index contributed by atoms with van der Waals surface area (Å²) in [6, 6.07) is 8.10. The van der Waals surface area contributed by atoms with Crippen molar-refractivity contribution < 1.29 is 9.13 Å². The van der Waals surface area contributed by atoms with Gasteiger partial charge in [-0.2, -0.15) is 0 Å². The topological polar surface area (TPSA) is 22.1 Å². The van der Waals surface area contributed by atoms with E-state index >= 15 is 0 Å². The van der Waals surface area contributed by atoms with Gasteiger partial charge in [-0.25, -0.2) is 9.37 Å². The highest BCUT2D eigenvalue weighted by atomic mass is 35.5. The van der Waals surface area contributed by atoms with E-state index < -0.39 is 5.82 Å². The predicted molar refractivity (Wildman–Crippen MR) is 75.9 cm³/mol. The molecule has 0 saturated carbocycles. The van der Waals surface area contributed by atoms with Crippen molar-refractivity contribution in [3.63, 3.8) is 0 Å². The highest BCUT2D eigenvalue weighted by Gasteiger charge is 2.11. The molecule has 0 spiro atoms. The minimum atomic E-state index is -0.458. The molecular formula is C15H13ClFNO. The molecule has 0 saturated heterocycles. The van der Waals surface area contributed by atoms with Crippen LogP contribution in [0.15, 0.2) is 36.9 Å². The number of nitrogens with zero attached hydrogens (tertiary/aromatic N) is 1. The van der Waals surface area contributed by atoms with Crippen LogP contribution < -0.4 is 4.74 Å². The third-order valence-corrected chi connectivity index (χ3v) is 3.00. The lowest BCUT2D eigenvalue weighted by molar-refractivity contribution is 0.414. The van der Waals surface area contributed by atoms with Crippen molar-refractivity contribution in [1.82, 2.24) is 4.98 Å². The van der Waals surface area contributed by atoms with Gasteiger partial charge in [-0.3, -0.25) is 0 Å². The third kappa shape index (κ3) is 2.76. The first-order valence-electron chi connectivity index (χ1n) is 5.69. The molecule has 0 unspecified atom stereocenters. The third-order valence-electron chi connectivity index (χ3n) is 2.71. The molecule has 0 aliphatic rings. The van der Waals surface area contributed by atoms with Crippen molar-refractivity contribution >= 4 is 17.2 Å². The Morgan fingerprint density at radius 1 is 1.32 bits per heavy atom. The molecule has 0 N–H and O–H groups in total. The van der Waals surface area contributed by atoms with E-state index in [0.717, 1.165) is 11.3 Å². The summed E-state index contributed by atoms with van der Waals surface area (Å²) in [5, 5.41) is 0.0575. The van der Waals surface area contributed by atoms with E-state index in [1.54, 1.807) is 13.2 Å². The highest BCUT2D eigenvalue weighted by molar-refractivity contribution is 6.31. The molecule has 0 fully saturated rings. The van der Waals surface area contributed by atoms with Gasteiger partial charge >= 0.3 is 0 Å². The maximum atomic E-state index is 13.2. The van der Waals surface area contributed by atoms with E-state index in [4.69, 9.17) is 16.3 Å². The van der Waals surface area contributed by atoms with Crippen LogP contribution in [0.25, 0.3) is 16.8 Å². The fourth-order valence-corrected chi connectivity index (χ4v) is 1.88. The van der Waals surface area contributed by atoms with Gasteiger partial charge in [-0.15, -0.1) is 0 Å². The van der Waals surface area contributed by atoms with Gasteiger partial charge in [-0.1, -0.05) is 18.2 Å². The summed E-state index contributed by atoms with van der Waals surface area (Å²) in [5.41, 5.74) is 2.92. The van der Waals surface area contributed by atoms with Crippen LogP contribution in [0, 0.1) is 5.82 Å². The molecule has 1 aromatic carbocycles. The second kappa shape index (κ2) is 5.41. The molecule has 2 rings (SSSR count). The molecule has 98 valence electrons. The molecule has 4 heteroatoms. The average Bonchev–Trinajstić information content (AvgIpc) is 2.41. The Morgan fingerprint density at radius 3 is 2.63 bits per heavy atom. The van der Waals surface area contributed by atoms with E-state index in [-0.39, 0.29) is 5.02 Å². The zero-order valence-corrected chi connectivity index (χ0v) is 11.5. The molecule has 0 amide bonds. The first kappa shape index (κ1) is 13.6. The predicted octanol–water partition coefficient (Wildman–Crippen LogP) is 4.58. The van der Waals surface area contributed by atoms with E-state index in [1.807, 2.05) is 19.1 Å². The van der Waals surface area contributed by atoms with E-state index in [1.165, 1.54) is 12.1 Å². The van der Waals surface area contributed by atoms with Crippen LogP contribution in [0.3, 0.4) is 0 Å². The van der Waals surface area contributed by atoms with Gasteiger partial charge < -0.3 is 4.74 Å². The fourth-order valence-electron chi connectivity index (χ4n) is 1.70. The zero-order chi connectivity index (χ0) is 14.0. The number of allylic oxidation sites excluding steroid dienone is 1. The molecule has 0 aliphatic carbocycles. The fraction of sp³-hybridized carbons (Fsp3) is 0.133. The average molecular weight is 278 g/mol. The lowest BCUT2D eigenvalue weighted by Gasteiger charge is -2.10. The molecule has 19 heavy (non-hydrogen) atoms. The van der Waals surface area contributed by atoms with Gasteiger partial charge in [0.15, 0.2) is 0 Å². The number of ether oxygens (including phenoxy) is 1. The summed E-state index contributed by atoms with van der Waals surface area (Å²) in [6.45, 7) is 5.73. The summed E-state index contributed by atoms with van der Waals surface area (Å²) in [7, 11) is 1.56. The maximum Gasteiger partial charge on any atom is 0.145 e. The second-order valence-electron chi connectivity index (χ2n) is 4.16. The molecule has 2 nitrogen and oxygen atoms in total. The van der Waals surface area contributed by atoms with E-state index in [2.05, 4.69) is 11.6 Å². The summed E-state index contributed by atoms with van der Waals surface area (Å²) in [6.07, 6.45) is 0. The Balaban J connectivity index is 2.61. The lowest BCUT2D eigenvalue weighted by atomic mass is 10.1. The molecule has 0 radical (unpaired) electrons. The van der Waals surface area contributed by atoms with Crippen molar-refractivity contribution in [2.75, 3.05) is 7.11 Å². The number of hydrogen-bond acceptors (Lipinski definition) is 2. The summed E-state index contributed by atoms with van der Waals surface area (Å²) >= 11 is 5.80. The Kier molecular flexibility index (Phi) is 3.86. The van der Waals surface area contributed by atoms with Crippen LogP contribution in [0.4, 0.5) is 4.39 Å². The van der Waals surface area contributed by atoms with Gasteiger partial charge in [0.1, 0.15) is 17.3 Å². The number of rotatable bonds is 3. The van der Waals surface area contributed by atoms with Crippen LogP contribution >= 0.6 is 11.6 Å². The van der Waals surface area contributed by atoms with Crippen molar-refractivity contribution in [3.8, 4) is 17.0 Å². The van der Waals surface area contributed by atoms with Crippen molar-refractivity contribution in [2.45, 2.75) is 6.92 Å². The summed E-state index contributed by atoms with van der Waals surface area (Å²) in [5.74, 6) is 0.146. The van der Waals surface area contributed by atoms with Crippen LogP contribution in [0.1, 0.15) is 12.6 Å². The number of halogens is 2. The van der Waals surface area contributed by atoms with Crippen LogP contribution in [0.2, 0.25) is 5.02 Å². The minimum absolute atomic E-state index is 0.0575. The molecule has 0 bridgehead atoms. The Labute approximate surface area is 116 Å². The smallest absolute Gasteiger partial charge is 0.145 e. The second-order valence-corrected chi connectivity index (χ2v) is 4.56. The van der Waals surface area contributed by atoms with Gasteiger partial charge in [0.25, 0.3) is 0 Å². The number of methoxy groups -OCH3 is 1. The number of benzene rings is 1. The number of aromatic nitrogens is 1. The van der Waals surface area contributed by atoms with Crippen LogP contribution in [-0.2, 0) is 0 Å². The van der Waals surface area contributed by atoms with Crippen LogP contribution in [0.5, 0.6) is 5.75 Å². The van der Waals surface area contributed by atoms with Crippen molar-refractivity contribution in [2.24, 2.45) is 0 Å². The Hall–Kier alpha value is -1.87. The molecule has 0 aliphatic heterocycles. The first-order chi connectivity index (χ1) is 9.02. The van der Waals surface area contributed by atoms with Gasteiger partial charge in [-0.05, 0) is 42.8 Å². The zero-order valence-electron chi connectivity index (χ0n) is 10.7. The lowest BCUT2D eigenvalue weighted by Crippen LogP contribution is -1.95. The standard InChI is InChI=1S/C15H13ClFNO/c1-9(2)13-6-7-14(19-3)15(18-13)10-4-5-12(17)11(16)8-10/h4-8H,1H2,2-3H3. The SMILES string of the molecule is C=C(C)c1ccc(OC)c(-c2ccc(F)c(Cl)c2)n1. The van der Waals surface area contributed by atoms with Gasteiger partial charge in [0.05, 0.1) is 17.8 Å². The van der Waals surface area contributed by atoms with Gasteiger partial charge in [0, 0.05) is 5.56 Å². The normalized spacial score (nSPS) is 10.3. The number of pyridine rings is 1. The van der Waals surface area contributed by atoms with E-state index in [0.29, 0.717) is 17.0 Å². The van der Waals surface area contributed by atoms with Crippen LogP contribution in [-0.4, -0.2) is 12.1 Å². The molecule has 1 aromatic heterocycles. The monoisotopic (exact) mass is 277 g/mol. The maximum absolute atomic E-state index is 13.2. The summed E-state index contributed by atoms with van der Waals surface area (Å²) in [4.78, 5) is 4.48. The van der Waals surface area contributed by atoms with Crippen molar-refractivity contribution in [1.29, 1.82) is 0 Å². The molecule has 0 atom stereocenters. The van der Waals surface area contributed by atoms with E-state index in [9.17, 15) is 4.39 Å². The molecular weight excluding hydrogens is 265 g/mol. The molecule has 2 aromatic rings. The first-order valence-corrected chi connectivity index (χ1v) is 6.07. The van der Waals surface area contributed by atoms with Gasteiger partial charge in [0.2, 0.25) is 0 Å². The molecule has 1 heterocycles. The summed E-state index contributed by atoms with van der Waals surface area (Å²) < 4.78 is 18.5. The quantitative estimate of drug-likeness (QED) is 0.819. The van der Waals surface area contributed by atoms with Crippen molar-refractivity contribution in [3.05, 3.63) is 53.4 Å². The Morgan fingerprint density at radius 2 is 2.05 bits per heavy atom. The minimum Gasteiger partial charge on any atom is -0.494 e. The highest BCUT2D eigenvalue weighted by Crippen LogP contribution is 2.31. The Bertz CT molecular complexity index is 640. The number of hydrogen-bond donors (Lipinski definition) is 0.